The maximum absolute atomic E-state index is 11.0. The summed E-state index contributed by atoms with van der Waals surface area (Å²) in [5.74, 6) is 1.16. The van der Waals surface area contributed by atoms with E-state index in [1.807, 2.05) is 0 Å². The molecular formula is C10H19NO2. The normalized spacial score (nSPS) is 33.9. The van der Waals surface area contributed by atoms with Crippen LogP contribution >= 0.6 is 0 Å². The van der Waals surface area contributed by atoms with Crippen LogP contribution in [0.5, 0.6) is 0 Å². The number of alkyl carbamates (subject to hydrolysis) is 1. The summed E-state index contributed by atoms with van der Waals surface area (Å²) in [6.45, 7) is 4.39. The smallest absolute Gasteiger partial charge is 0.407 e. The quantitative estimate of drug-likeness (QED) is 0.680. The lowest BCUT2D eigenvalue weighted by Gasteiger charge is -2.33. The van der Waals surface area contributed by atoms with Crippen molar-refractivity contribution in [3.63, 3.8) is 0 Å². The van der Waals surface area contributed by atoms with Crippen molar-refractivity contribution in [2.24, 2.45) is 11.8 Å². The number of carbonyl (C=O) groups is 1. The number of carbonyl (C=O) groups excluding carboxylic acids is 1. The summed E-state index contributed by atoms with van der Waals surface area (Å²) in [7, 11) is 1.60. The van der Waals surface area contributed by atoms with Crippen molar-refractivity contribution < 1.29 is 9.53 Å². The standard InChI is InChI=1S/C10H19NO2/c1-7-5-4-6-9(8(7)2)13-10(12)11-3/h7-9H,4-6H2,1-3H3,(H,11,12). The third-order valence-electron chi connectivity index (χ3n) is 3.09. The first-order valence-corrected chi connectivity index (χ1v) is 5.03. The lowest BCUT2D eigenvalue weighted by atomic mass is 9.79. The molecule has 0 saturated heterocycles. The number of amides is 1. The van der Waals surface area contributed by atoms with Gasteiger partial charge in [0, 0.05) is 7.05 Å². The Bertz CT molecular complexity index is 182. The molecule has 1 rings (SSSR count). The van der Waals surface area contributed by atoms with Crippen LogP contribution in [-0.2, 0) is 4.74 Å². The maximum atomic E-state index is 11.0. The largest absolute Gasteiger partial charge is 0.446 e. The average molecular weight is 185 g/mol. The van der Waals surface area contributed by atoms with Crippen molar-refractivity contribution in [3.05, 3.63) is 0 Å². The second kappa shape index (κ2) is 4.49. The van der Waals surface area contributed by atoms with Gasteiger partial charge in [-0.3, -0.25) is 0 Å². The molecule has 0 aromatic heterocycles. The second-order valence-electron chi connectivity index (χ2n) is 3.96. The highest BCUT2D eigenvalue weighted by molar-refractivity contribution is 5.66. The first-order chi connectivity index (χ1) is 6.15. The van der Waals surface area contributed by atoms with Crippen molar-refractivity contribution in [3.8, 4) is 0 Å². The van der Waals surface area contributed by atoms with Gasteiger partial charge in [-0.2, -0.15) is 0 Å². The Hall–Kier alpha value is -0.730. The molecule has 0 heterocycles. The molecule has 0 aliphatic heterocycles. The highest BCUT2D eigenvalue weighted by Gasteiger charge is 2.29. The molecule has 0 spiro atoms. The molecule has 0 aromatic rings. The fourth-order valence-corrected chi connectivity index (χ4v) is 1.90. The van der Waals surface area contributed by atoms with Crippen LogP contribution in [0.3, 0.4) is 0 Å². The average Bonchev–Trinajstić information content (AvgIpc) is 2.13. The van der Waals surface area contributed by atoms with E-state index in [4.69, 9.17) is 4.74 Å². The van der Waals surface area contributed by atoms with E-state index in [1.54, 1.807) is 7.05 Å². The number of nitrogens with one attached hydrogen (secondary N) is 1. The van der Waals surface area contributed by atoms with Crippen molar-refractivity contribution in [2.75, 3.05) is 7.05 Å². The van der Waals surface area contributed by atoms with Crippen LogP contribution in [0.4, 0.5) is 4.79 Å². The molecule has 1 aliphatic rings. The van der Waals surface area contributed by atoms with Gasteiger partial charge in [0.25, 0.3) is 0 Å². The number of hydrogen-bond donors (Lipinski definition) is 1. The van der Waals surface area contributed by atoms with Crippen LogP contribution in [0.15, 0.2) is 0 Å². The fourth-order valence-electron chi connectivity index (χ4n) is 1.90. The van der Waals surface area contributed by atoms with E-state index in [-0.39, 0.29) is 12.2 Å². The Morgan fingerprint density at radius 1 is 1.38 bits per heavy atom. The minimum atomic E-state index is -0.300. The van der Waals surface area contributed by atoms with E-state index in [0.717, 1.165) is 6.42 Å². The molecule has 3 nitrogen and oxygen atoms in total. The van der Waals surface area contributed by atoms with Crippen molar-refractivity contribution >= 4 is 6.09 Å². The molecule has 1 fully saturated rings. The zero-order valence-corrected chi connectivity index (χ0v) is 8.67. The van der Waals surface area contributed by atoms with E-state index in [2.05, 4.69) is 19.2 Å². The molecule has 1 aliphatic carbocycles. The molecule has 76 valence electrons. The van der Waals surface area contributed by atoms with Gasteiger partial charge in [0.15, 0.2) is 0 Å². The lowest BCUT2D eigenvalue weighted by Crippen LogP contribution is -2.35. The van der Waals surface area contributed by atoms with Gasteiger partial charge >= 0.3 is 6.09 Å². The summed E-state index contributed by atoms with van der Waals surface area (Å²) in [6.07, 6.45) is 3.26. The molecule has 13 heavy (non-hydrogen) atoms. The molecule has 3 heteroatoms. The van der Waals surface area contributed by atoms with Crippen molar-refractivity contribution in [1.29, 1.82) is 0 Å². The van der Waals surface area contributed by atoms with Gasteiger partial charge in [0.05, 0.1) is 0 Å². The van der Waals surface area contributed by atoms with Gasteiger partial charge in [-0.25, -0.2) is 4.79 Å². The fraction of sp³-hybridized carbons (Fsp3) is 0.900. The van der Waals surface area contributed by atoms with E-state index < -0.39 is 0 Å². The summed E-state index contributed by atoms with van der Waals surface area (Å²) >= 11 is 0. The summed E-state index contributed by atoms with van der Waals surface area (Å²) < 4.78 is 5.27. The Kier molecular flexibility index (Phi) is 3.58. The third kappa shape index (κ3) is 2.61. The molecule has 1 N–H and O–H groups in total. The maximum Gasteiger partial charge on any atom is 0.407 e. The monoisotopic (exact) mass is 185 g/mol. The molecular weight excluding hydrogens is 166 g/mol. The van der Waals surface area contributed by atoms with Crippen molar-refractivity contribution in [1.82, 2.24) is 5.32 Å². The summed E-state index contributed by atoms with van der Waals surface area (Å²) in [5, 5.41) is 2.49. The third-order valence-corrected chi connectivity index (χ3v) is 3.09. The second-order valence-corrected chi connectivity index (χ2v) is 3.96. The molecule has 0 aromatic carbocycles. The van der Waals surface area contributed by atoms with Crippen LogP contribution in [-0.4, -0.2) is 19.2 Å². The Labute approximate surface area is 79.8 Å². The predicted molar refractivity (Wildman–Crippen MR) is 51.5 cm³/mol. The molecule has 3 unspecified atom stereocenters. The zero-order chi connectivity index (χ0) is 9.84. The van der Waals surface area contributed by atoms with Crippen LogP contribution in [0.2, 0.25) is 0 Å². The molecule has 0 radical (unpaired) electrons. The molecule has 3 atom stereocenters. The number of rotatable bonds is 1. The van der Waals surface area contributed by atoms with Gasteiger partial charge < -0.3 is 10.1 Å². The Morgan fingerprint density at radius 2 is 2.08 bits per heavy atom. The van der Waals surface area contributed by atoms with Crippen LogP contribution < -0.4 is 5.32 Å². The lowest BCUT2D eigenvalue weighted by molar-refractivity contribution is 0.0238. The van der Waals surface area contributed by atoms with Crippen LogP contribution in [0.25, 0.3) is 0 Å². The van der Waals surface area contributed by atoms with E-state index in [0.29, 0.717) is 11.8 Å². The van der Waals surface area contributed by atoms with E-state index >= 15 is 0 Å². The molecule has 1 amide bonds. The van der Waals surface area contributed by atoms with Gasteiger partial charge in [0.1, 0.15) is 6.10 Å². The minimum absolute atomic E-state index is 0.115. The highest BCUT2D eigenvalue weighted by Crippen LogP contribution is 2.31. The summed E-state index contributed by atoms with van der Waals surface area (Å²) in [5.41, 5.74) is 0. The molecule has 1 saturated carbocycles. The van der Waals surface area contributed by atoms with Gasteiger partial charge in [-0.15, -0.1) is 0 Å². The van der Waals surface area contributed by atoms with Crippen LogP contribution in [0, 0.1) is 11.8 Å². The van der Waals surface area contributed by atoms with E-state index in [9.17, 15) is 4.79 Å². The Balaban J connectivity index is 2.43. The molecule has 0 bridgehead atoms. The number of ether oxygens (including phenoxy) is 1. The van der Waals surface area contributed by atoms with E-state index in [1.165, 1.54) is 12.8 Å². The van der Waals surface area contributed by atoms with Gasteiger partial charge in [-0.1, -0.05) is 20.3 Å². The number of hydrogen-bond acceptors (Lipinski definition) is 2. The highest BCUT2D eigenvalue weighted by atomic mass is 16.6. The SMILES string of the molecule is CNC(=O)OC1CCCC(C)C1C. The first-order valence-electron chi connectivity index (χ1n) is 5.03. The van der Waals surface area contributed by atoms with Gasteiger partial charge in [0.2, 0.25) is 0 Å². The first kappa shape index (κ1) is 10.4. The Morgan fingerprint density at radius 3 is 2.69 bits per heavy atom. The zero-order valence-electron chi connectivity index (χ0n) is 8.67. The summed E-state index contributed by atoms with van der Waals surface area (Å²) in [4.78, 5) is 11.0. The summed E-state index contributed by atoms with van der Waals surface area (Å²) in [6, 6.07) is 0. The predicted octanol–water partition coefficient (Wildman–Crippen LogP) is 2.17. The van der Waals surface area contributed by atoms with Gasteiger partial charge in [-0.05, 0) is 24.7 Å². The van der Waals surface area contributed by atoms with Crippen molar-refractivity contribution in [2.45, 2.75) is 39.2 Å². The topological polar surface area (TPSA) is 38.3 Å². The minimum Gasteiger partial charge on any atom is -0.446 e. The van der Waals surface area contributed by atoms with Crippen LogP contribution in [0.1, 0.15) is 33.1 Å².